The number of nitrogens with two attached hydrogens (primary N) is 1. The molecule has 19 heavy (non-hydrogen) atoms. The van der Waals surface area contributed by atoms with Gasteiger partial charge < -0.3 is 5.73 Å². The molecule has 0 aliphatic rings. The molecule has 0 saturated heterocycles. The second-order valence-electron chi connectivity index (χ2n) is 4.73. The van der Waals surface area contributed by atoms with E-state index in [9.17, 15) is 13.2 Å². The molecule has 0 fully saturated rings. The third kappa shape index (κ3) is 4.13. The Hall–Kier alpha value is -1.23. The quantitative estimate of drug-likeness (QED) is 0.825. The van der Waals surface area contributed by atoms with Crippen LogP contribution in [0.2, 0.25) is 0 Å². The summed E-state index contributed by atoms with van der Waals surface area (Å²) in [5.74, 6) is 0. The Morgan fingerprint density at radius 2 is 1.89 bits per heavy atom. The number of benzene rings is 1. The lowest BCUT2D eigenvalue weighted by molar-refractivity contribution is -0.138. The van der Waals surface area contributed by atoms with Gasteiger partial charge in [-0.3, -0.25) is 4.90 Å². The van der Waals surface area contributed by atoms with E-state index >= 15 is 0 Å². The number of hydrogen-bond donors (Lipinski definition) is 1. The number of alkyl halides is 3. The average Bonchev–Trinajstić information content (AvgIpc) is 2.35. The minimum Gasteiger partial charge on any atom is -0.399 e. The molecule has 0 aromatic heterocycles. The number of halogens is 3. The van der Waals surface area contributed by atoms with Crippen LogP contribution in [-0.2, 0) is 12.7 Å². The lowest BCUT2D eigenvalue weighted by Gasteiger charge is -2.28. The van der Waals surface area contributed by atoms with E-state index in [1.807, 2.05) is 25.7 Å². The van der Waals surface area contributed by atoms with E-state index in [2.05, 4.69) is 0 Å². The second kappa shape index (κ2) is 6.28. The van der Waals surface area contributed by atoms with Gasteiger partial charge in [0.25, 0.3) is 0 Å². The highest BCUT2D eigenvalue weighted by molar-refractivity contribution is 5.46. The van der Waals surface area contributed by atoms with Crippen molar-refractivity contribution in [3.05, 3.63) is 29.3 Å². The molecular weight excluding hydrogens is 253 g/mol. The summed E-state index contributed by atoms with van der Waals surface area (Å²) in [5, 5.41) is 0. The molecule has 1 rings (SSSR count). The highest BCUT2D eigenvalue weighted by Gasteiger charge is 2.33. The molecule has 0 amide bonds. The fourth-order valence-electron chi connectivity index (χ4n) is 2.05. The van der Waals surface area contributed by atoms with Crippen molar-refractivity contribution in [2.75, 3.05) is 12.3 Å². The van der Waals surface area contributed by atoms with Crippen LogP contribution >= 0.6 is 0 Å². The first-order valence-corrected chi connectivity index (χ1v) is 6.49. The van der Waals surface area contributed by atoms with E-state index in [1.165, 1.54) is 12.1 Å². The lowest BCUT2D eigenvalue weighted by Crippen LogP contribution is -2.32. The molecule has 0 saturated carbocycles. The van der Waals surface area contributed by atoms with Gasteiger partial charge in [0, 0.05) is 18.3 Å². The first kappa shape index (κ1) is 15.8. The van der Waals surface area contributed by atoms with Crippen LogP contribution in [0.3, 0.4) is 0 Å². The summed E-state index contributed by atoms with van der Waals surface area (Å²) in [7, 11) is 0. The van der Waals surface area contributed by atoms with Crippen LogP contribution in [0, 0.1) is 0 Å². The first-order chi connectivity index (χ1) is 8.79. The Morgan fingerprint density at radius 1 is 1.26 bits per heavy atom. The predicted octanol–water partition coefficient (Wildman–Crippen LogP) is 3.91. The van der Waals surface area contributed by atoms with Crippen LogP contribution < -0.4 is 5.73 Å². The van der Waals surface area contributed by atoms with Crippen LogP contribution in [0.15, 0.2) is 18.2 Å². The Bertz CT molecular complexity index is 416. The molecule has 1 aromatic carbocycles. The predicted molar refractivity (Wildman–Crippen MR) is 71.7 cm³/mol. The molecule has 1 aromatic rings. The summed E-state index contributed by atoms with van der Waals surface area (Å²) in [6, 6.07) is 4.27. The third-order valence-corrected chi connectivity index (χ3v) is 3.43. The van der Waals surface area contributed by atoms with Gasteiger partial charge in [-0.15, -0.1) is 0 Å². The topological polar surface area (TPSA) is 29.3 Å². The maximum Gasteiger partial charge on any atom is 0.416 e. The van der Waals surface area contributed by atoms with Crippen molar-refractivity contribution in [3.8, 4) is 0 Å². The van der Waals surface area contributed by atoms with Gasteiger partial charge in [0.1, 0.15) is 0 Å². The molecule has 0 bridgehead atoms. The fraction of sp³-hybridized carbons (Fsp3) is 0.571. The zero-order chi connectivity index (χ0) is 14.6. The van der Waals surface area contributed by atoms with Crippen molar-refractivity contribution in [2.24, 2.45) is 0 Å². The number of nitrogens with zero attached hydrogens (tertiary/aromatic N) is 1. The minimum atomic E-state index is -4.36. The second-order valence-corrected chi connectivity index (χ2v) is 4.73. The summed E-state index contributed by atoms with van der Waals surface area (Å²) < 4.78 is 39.0. The molecule has 1 atom stereocenters. The molecule has 0 spiro atoms. The fourth-order valence-corrected chi connectivity index (χ4v) is 2.05. The van der Waals surface area contributed by atoms with Crippen molar-refractivity contribution in [1.82, 2.24) is 4.90 Å². The van der Waals surface area contributed by atoms with E-state index < -0.39 is 11.7 Å². The van der Waals surface area contributed by atoms with Gasteiger partial charge in [0.2, 0.25) is 0 Å². The van der Waals surface area contributed by atoms with E-state index in [4.69, 9.17) is 5.73 Å². The number of anilines is 1. The zero-order valence-corrected chi connectivity index (χ0v) is 11.6. The highest BCUT2D eigenvalue weighted by Crippen LogP contribution is 2.34. The maximum absolute atomic E-state index is 13.0. The molecule has 2 N–H and O–H groups in total. The number of hydrogen-bond acceptors (Lipinski definition) is 2. The minimum absolute atomic E-state index is 0.141. The van der Waals surface area contributed by atoms with E-state index in [0.29, 0.717) is 6.54 Å². The van der Waals surface area contributed by atoms with E-state index in [-0.39, 0.29) is 17.3 Å². The largest absolute Gasteiger partial charge is 0.416 e. The summed E-state index contributed by atoms with van der Waals surface area (Å²) in [6.07, 6.45) is -3.45. The van der Waals surface area contributed by atoms with Crippen molar-refractivity contribution in [3.63, 3.8) is 0 Å². The number of nitrogen functional groups attached to an aromatic ring is 1. The van der Waals surface area contributed by atoms with Gasteiger partial charge in [-0.05, 0) is 37.6 Å². The lowest BCUT2D eigenvalue weighted by atomic mass is 10.0. The van der Waals surface area contributed by atoms with Gasteiger partial charge in [-0.1, -0.05) is 19.9 Å². The van der Waals surface area contributed by atoms with E-state index in [0.717, 1.165) is 19.0 Å². The van der Waals surface area contributed by atoms with Crippen LogP contribution in [0.1, 0.15) is 38.3 Å². The summed E-state index contributed by atoms with van der Waals surface area (Å²) in [5.41, 5.74) is 5.25. The molecular formula is C14H21F3N2. The van der Waals surface area contributed by atoms with E-state index in [1.54, 1.807) is 0 Å². The summed E-state index contributed by atoms with van der Waals surface area (Å²) in [4.78, 5) is 2.03. The molecule has 5 heteroatoms. The van der Waals surface area contributed by atoms with Gasteiger partial charge in [-0.25, -0.2) is 0 Å². The van der Waals surface area contributed by atoms with Gasteiger partial charge in [0.05, 0.1) is 5.56 Å². The normalized spacial score (nSPS) is 13.8. The van der Waals surface area contributed by atoms with Crippen LogP contribution in [-0.4, -0.2) is 17.5 Å². The molecule has 2 nitrogen and oxygen atoms in total. The van der Waals surface area contributed by atoms with Crippen molar-refractivity contribution < 1.29 is 13.2 Å². The average molecular weight is 274 g/mol. The Balaban J connectivity index is 3.06. The van der Waals surface area contributed by atoms with Gasteiger partial charge in [-0.2, -0.15) is 13.2 Å². The monoisotopic (exact) mass is 274 g/mol. The number of rotatable bonds is 5. The molecule has 0 aliphatic heterocycles. The zero-order valence-electron chi connectivity index (χ0n) is 11.6. The smallest absolute Gasteiger partial charge is 0.399 e. The van der Waals surface area contributed by atoms with Crippen LogP contribution in [0.5, 0.6) is 0 Å². The third-order valence-electron chi connectivity index (χ3n) is 3.43. The van der Waals surface area contributed by atoms with Gasteiger partial charge in [0.15, 0.2) is 0 Å². The Kier molecular flexibility index (Phi) is 5.23. The van der Waals surface area contributed by atoms with Crippen molar-refractivity contribution in [2.45, 2.75) is 46.0 Å². The maximum atomic E-state index is 13.0. The SMILES string of the molecule is CCC(C)N(CC)Cc1ccc(N)cc1C(F)(F)F. The molecule has 0 radical (unpaired) electrons. The molecule has 1 unspecified atom stereocenters. The highest BCUT2D eigenvalue weighted by atomic mass is 19.4. The standard InChI is InChI=1S/C14H21F3N2/c1-4-10(3)19(5-2)9-11-6-7-12(18)8-13(11)14(15,16)17/h6-8,10H,4-5,9,18H2,1-3H3. The van der Waals surface area contributed by atoms with Gasteiger partial charge >= 0.3 is 6.18 Å². The Morgan fingerprint density at radius 3 is 2.37 bits per heavy atom. The van der Waals surface area contributed by atoms with Crippen LogP contribution in [0.25, 0.3) is 0 Å². The molecule has 0 heterocycles. The summed E-state index contributed by atoms with van der Waals surface area (Å²) in [6.45, 7) is 7.02. The summed E-state index contributed by atoms with van der Waals surface area (Å²) >= 11 is 0. The first-order valence-electron chi connectivity index (χ1n) is 6.49. The van der Waals surface area contributed by atoms with Crippen molar-refractivity contribution in [1.29, 1.82) is 0 Å². The molecule has 108 valence electrons. The van der Waals surface area contributed by atoms with Crippen LogP contribution in [0.4, 0.5) is 18.9 Å². The Labute approximate surface area is 112 Å². The van der Waals surface area contributed by atoms with Crippen molar-refractivity contribution >= 4 is 5.69 Å². The molecule has 0 aliphatic carbocycles.